The Labute approximate surface area is 128 Å². The van der Waals surface area contributed by atoms with E-state index in [1.807, 2.05) is 31.2 Å². The zero-order chi connectivity index (χ0) is 15.1. The van der Waals surface area contributed by atoms with Gasteiger partial charge in [0.05, 0.1) is 0 Å². The molecule has 0 radical (unpaired) electrons. The molecule has 6 heteroatoms. The van der Waals surface area contributed by atoms with Crippen molar-refractivity contribution >= 4 is 23.4 Å². The van der Waals surface area contributed by atoms with E-state index in [1.165, 1.54) is 6.20 Å². The summed E-state index contributed by atoms with van der Waals surface area (Å²) in [5, 5.41) is 5.67. The van der Waals surface area contributed by atoms with Gasteiger partial charge in [0.25, 0.3) is 0 Å². The molecule has 2 rings (SSSR count). The molecule has 0 atom stereocenters. The lowest BCUT2D eigenvalue weighted by molar-refractivity contribution is 0.234. The van der Waals surface area contributed by atoms with Crippen LogP contribution in [0, 0.1) is 0 Å². The van der Waals surface area contributed by atoms with Crippen molar-refractivity contribution in [3.8, 4) is 5.75 Å². The fraction of sp³-hybridized carbons (Fsp3) is 0.200. The SMILES string of the molecule is CCc1ccccc1OCNC(=O)Nc1cc(Cl)ccn1. The topological polar surface area (TPSA) is 63.2 Å². The van der Waals surface area contributed by atoms with Gasteiger partial charge in [-0.3, -0.25) is 5.32 Å². The number of halogens is 1. The van der Waals surface area contributed by atoms with Crippen molar-refractivity contribution in [2.75, 3.05) is 12.0 Å². The number of carbonyl (C=O) groups is 1. The molecule has 0 saturated heterocycles. The Hall–Kier alpha value is -2.27. The van der Waals surface area contributed by atoms with Crippen LogP contribution in [-0.2, 0) is 6.42 Å². The summed E-state index contributed by atoms with van der Waals surface area (Å²) in [4.78, 5) is 15.7. The third-order valence-electron chi connectivity index (χ3n) is 2.78. The number of amides is 2. The number of aryl methyl sites for hydroxylation is 1. The van der Waals surface area contributed by atoms with Gasteiger partial charge in [-0.15, -0.1) is 0 Å². The Morgan fingerprint density at radius 2 is 2.14 bits per heavy atom. The van der Waals surface area contributed by atoms with Crippen LogP contribution >= 0.6 is 11.6 Å². The minimum atomic E-state index is -0.404. The first-order valence-electron chi connectivity index (χ1n) is 6.56. The predicted molar refractivity (Wildman–Crippen MR) is 82.7 cm³/mol. The highest BCUT2D eigenvalue weighted by Crippen LogP contribution is 2.17. The molecule has 110 valence electrons. The maximum Gasteiger partial charge on any atom is 0.323 e. The summed E-state index contributed by atoms with van der Waals surface area (Å²) in [5.41, 5.74) is 1.09. The van der Waals surface area contributed by atoms with E-state index >= 15 is 0 Å². The van der Waals surface area contributed by atoms with Crippen molar-refractivity contribution in [3.05, 3.63) is 53.2 Å². The van der Waals surface area contributed by atoms with Gasteiger partial charge in [0.15, 0.2) is 6.73 Å². The average Bonchev–Trinajstić information content (AvgIpc) is 2.47. The second-order valence-electron chi connectivity index (χ2n) is 4.24. The van der Waals surface area contributed by atoms with E-state index in [-0.39, 0.29) is 6.73 Å². The normalized spacial score (nSPS) is 10.0. The molecular weight excluding hydrogens is 290 g/mol. The summed E-state index contributed by atoms with van der Waals surface area (Å²) in [6.07, 6.45) is 2.39. The Kier molecular flexibility index (Phi) is 5.40. The number of ether oxygens (including phenoxy) is 1. The van der Waals surface area contributed by atoms with Crippen LogP contribution in [0.25, 0.3) is 0 Å². The number of urea groups is 1. The van der Waals surface area contributed by atoms with E-state index in [4.69, 9.17) is 16.3 Å². The van der Waals surface area contributed by atoms with E-state index in [0.29, 0.717) is 10.8 Å². The summed E-state index contributed by atoms with van der Waals surface area (Å²) in [6, 6.07) is 10.5. The van der Waals surface area contributed by atoms with Gasteiger partial charge < -0.3 is 10.1 Å². The van der Waals surface area contributed by atoms with Gasteiger partial charge in [-0.05, 0) is 30.2 Å². The molecular formula is C15H16ClN3O2. The van der Waals surface area contributed by atoms with Crippen molar-refractivity contribution in [1.82, 2.24) is 10.3 Å². The molecule has 21 heavy (non-hydrogen) atoms. The molecule has 2 N–H and O–H groups in total. The number of nitrogens with zero attached hydrogens (tertiary/aromatic N) is 1. The molecule has 5 nitrogen and oxygen atoms in total. The van der Waals surface area contributed by atoms with Crippen LogP contribution in [0.3, 0.4) is 0 Å². The fourth-order valence-electron chi connectivity index (χ4n) is 1.75. The second kappa shape index (κ2) is 7.50. The molecule has 0 bridgehead atoms. The minimum Gasteiger partial charge on any atom is -0.473 e. The lowest BCUT2D eigenvalue weighted by Crippen LogP contribution is -2.32. The first kappa shape index (κ1) is 15.1. The van der Waals surface area contributed by atoms with Crippen LogP contribution in [-0.4, -0.2) is 17.7 Å². The summed E-state index contributed by atoms with van der Waals surface area (Å²) in [6.45, 7) is 2.12. The highest BCUT2D eigenvalue weighted by Gasteiger charge is 2.04. The molecule has 1 aromatic carbocycles. The number of aromatic nitrogens is 1. The number of pyridine rings is 1. The minimum absolute atomic E-state index is 0.0728. The Balaban J connectivity index is 1.82. The Morgan fingerprint density at radius 3 is 2.90 bits per heavy atom. The van der Waals surface area contributed by atoms with E-state index in [2.05, 4.69) is 15.6 Å². The van der Waals surface area contributed by atoms with Gasteiger partial charge in [0, 0.05) is 11.2 Å². The maximum atomic E-state index is 11.7. The van der Waals surface area contributed by atoms with Gasteiger partial charge in [-0.2, -0.15) is 0 Å². The molecule has 0 unspecified atom stereocenters. The van der Waals surface area contributed by atoms with Gasteiger partial charge >= 0.3 is 6.03 Å². The van der Waals surface area contributed by atoms with Crippen LogP contribution < -0.4 is 15.4 Å². The zero-order valence-corrected chi connectivity index (χ0v) is 12.4. The average molecular weight is 306 g/mol. The number of nitrogens with one attached hydrogen (secondary N) is 2. The lowest BCUT2D eigenvalue weighted by Gasteiger charge is -2.11. The summed E-state index contributed by atoms with van der Waals surface area (Å²) in [7, 11) is 0. The third-order valence-corrected chi connectivity index (χ3v) is 3.01. The third kappa shape index (κ3) is 4.65. The van der Waals surface area contributed by atoms with E-state index < -0.39 is 6.03 Å². The summed E-state index contributed by atoms with van der Waals surface area (Å²) < 4.78 is 5.54. The monoisotopic (exact) mass is 305 g/mol. The van der Waals surface area contributed by atoms with Crippen LogP contribution in [0.5, 0.6) is 5.75 Å². The summed E-state index contributed by atoms with van der Waals surface area (Å²) in [5.74, 6) is 1.15. The molecule has 0 spiro atoms. The maximum absolute atomic E-state index is 11.7. The molecule has 2 aromatic rings. The number of hydrogen-bond donors (Lipinski definition) is 2. The highest BCUT2D eigenvalue weighted by atomic mass is 35.5. The standard InChI is InChI=1S/C15H16ClN3O2/c1-2-11-5-3-4-6-13(11)21-10-18-15(20)19-14-9-12(16)7-8-17-14/h3-9H,2,10H2,1H3,(H2,17,18,19,20). The van der Waals surface area contributed by atoms with Crippen molar-refractivity contribution < 1.29 is 9.53 Å². The highest BCUT2D eigenvalue weighted by molar-refractivity contribution is 6.30. The number of hydrogen-bond acceptors (Lipinski definition) is 3. The van der Waals surface area contributed by atoms with E-state index in [0.717, 1.165) is 17.7 Å². The number of carbonyl (C=O) groups excluding carboxylic acids is 1. The van der Waals surface area contributed by atoms with Crippen molar-refractivity contribution in [1.29, 1.82) is 0 Å². The van der Waals surface area contributed by atoms with Crippen LogP contribution in [0.4, 0.5) is 10.6 Å². The lowest BCUT2D eigenvalue weighted by atomic mass is 10.1. The molecule has 0 fully saturated rings. The zero-order valence-electron chi connectivity index (χ0n) is 11.6. The van der Waals surface area contributed by atoms with Gasteiger partial charge in [-0.1, -0.05) is 36.7 Å². The molecule has 0 aliphatic rings. The number of anilines is 1. The van der Waals surface area contributed by atoms with Gasteiger partial charge in [0.1, 0.15) is 11.6 Å². The Morgan fingerprint density at radius 1 is 1.33 bits per heavy atom. The van der Waals surface area contributed by atoms with Gasteiger partial charge in [-0.25, -0.2) is 9.78 Å². The largest absolute Gasteiger partial charge is 0.473 e. The molecule has 0 aliphatic carbocycles. The summed E-state index contributed by atoms with van der Waals surface area (Å²) >= 11 is 5.81. The van der Waals surface area contributed by atoms with E-state index in [9.17, 15) is 4.79 Å². The molecule has 2 amide bonds. The first-order chi connectivity index (χ1) is 10.2. The first-order valence-corrected chi connectivity index (χ1v) is 6.94. The smallest absolute Gasteiger partial charge is 0.323 e. The fourth-order valence-corrected chi connectivity index (χ4v) is 1.91. The number of rotatable bonds is 5. The molecule has 0 aliphatic heterocycles. The molecule has 0 saturated carbocycles. The molecule has 1 aromatic heterocycles. The van der Waals surface area contributed by atoms with Crippen molar-refractivity contribution in [2.45, 2.75) is 13.3 Å². The van der Waals surface area contributed by atoms with E-state index in [1.54, 1.807) is 12.1 Å². The van der Waals surface area contributed by atoms with Crippen LogP contribution in [0.15, 0.2) is 42.6 Å². The van der Waals surface area contributed by atoms with Crippen LogP contribution in [0.1, 0.15) is 12.5 Å². The quantitative estimate of drug-likeness (QED) is 0.832. The van der Waals surface area contributed by atoms with Crippen molar-refractivity contribution in [3.63, 3.8) is 0 Å². The van der Waals surface area contributed by atoms with Crippen molar-refractivity contribution in [2.24, 2.45) is 0 Å². The molecule has 1 heterocycles. The van der Waals surface area contributed by atoms with Crippen LogP contribution in [0.2, 0.25) is 5.02 Å². The Bertz CT molecular complexity index is 619. The predicted octanol–water partition coefficient (Wildman–Crippen LogP) is 3.46. The second-order valence-corrected chi connectivity index (χ2v) is 4.68. The number of para-hydroxylation sites is 1. The van der Waals surface area contributed by atoms with Gasteiger partial charge in [0.2, 0.25) is 0 Å². The number of benzene rings is 1.